The Morgan fingerprint density at radius 1 is 1.06 bits per heavy atom. The molecule has 6 nitrogen and oxygen atoms in total. The van der Waals surface area contributed by atoms with Gasteiger partial charge in [-0.1, -0.05) is 30.3 Å². The second kappa shape index (κ2) is 8.55. The number of hydrogen-bond donors (Lipinski definition) is 0. The summed E-state index contributed by atoms with van der Waals surface area (Å²) in [5.41, 5.74) is 6.97. The highest BCUT2D eigenvalue weighted by Crippen LogP contribution is 2.46. The average Bonchev–Trinajstić information content (AvgIpc) is 3.45. The molecule has 0 aliphatic carbocycles. The molecule has 0 bridgehead atoms. The van der Waals surface area contributed by atoms with Crippen molar-refractivity contribution < 1.29 is 18.5 Å². The second-order valence-corrected chi connectivity index (χ2v) is 7.82. The summed E-state index contributed by atoms with van der Waals surface area (Å²) in [5, 5.41) is 0. The number of nitrogens with zero attached hydrogens (tertiary/aromatic N) is 3. The number of benzene rings is 2. The first-order valence-corrected chi connectivity index (χ1v) is 10.7. The fourth-order valence-electron chi connectivity index (χ4n) is 4.35. The lowest BCUT2D eigenvalue weighted by Gasteiger charge is -2.33. The zero-order valence-electron chi connectivity index (χ0n) is 18.3. The molecule has 0 spiro atoms. The number of ether oxygens (including phenoxy) is 2. The van der Waals surface area contributed by atoms with Crippen LogP contribution in [0.4, 0.5) is 5.69 Å². The van der Waals surface area contributed by atoms with Gasteiger partial charge in [-0.25, -0.2) is 4.57 Å². The van der Waals surface area contributed by atoms with E-state index in [0.717, 1.165) is 57.4 Å². The predicted molar refractivity (Wildman–Crippen MR) is 138 cm³/mol. The highest BCUT2D eigenvalue weighted by atomic mass is 127. The number of fused-ring (bicyclic) bond motifs is 3. The molecule has 4 heterocycles. The molecule has 0 saturated carbocycles. The Labute approximate surface area is 208 Å². The van der Waals surface area contributed by atoms with E-state index in [0.29, 0.717) is 5.89 Å². The number of anilines is 1. The van der Waals surface area contributed by atoms with Crippen LogP contribution < -0.4 is 18.9 Å². The number of allylic oxidation sites excluding steroid dienone is 2. The van der Waals surface area contributed by atoms with Crippen LogP contribution in [0.2, 0.25) is 0 Å². The predicted octanol–water partition coefficient (Wildman–Crippen LogP) is 5.42. The molecule has 166 valence electrons. The Balaban J connectivity index is 0.00000228. The Morgan fingerprint density at radius 3 is 2.61 bits per heavy atom. The van der Waals surface area contributed by atoms with Crippen molar-refractivity contribution in [3.05, 3.63) is 83.9 Å². The Hall–Kier alpha value is -3.33. The van der Waals surface area contributed by atoms with Gasteiger partial charge in [0.1, 0.15) is 0 Å². The van der Waals surface area contributed by atoms with Crippen molar-refractivity contribution in [3.63, 3.8) is 0 Å². The van der Waals surface area contributed by atoms with Crippen LogP contribution in [0.1, 0.15) is 23.9 Å². The number of aromatic nitrogens is 2. The van der Waals surface area contributed by atoms with Gasteiger partial charge in [-0.05, 0) is 42.3 Å². The van der Waals surface area contributed by atoms with Gasteiger partial charge in [0.05, 0.1) is 18.9 Å². The van der Waals surface area contributed by atoms with E-state index in [9.17, 15) is 0 Å². The van der Waals surface area contributed by atoms with Crippen LogP contribution in [0, 0.1) is 0 Å². The maximum atomic E-state index is 6.05. The van der Waals surface area contributed by atoms with Gasteiger partial charge in [-0.15, -0.1) is 24.0 Å². The highest BCUT2D eigenvalue weighted by molar-refractivity contribution is 14.0. The summed E-state index contributed by atoms with van der Waals surface area (Å²) in [5.74, 6) is 2.09. The molecule has 0 radical (unpaired) electrons. The average molecular weight is 552 g/mol. The zero-order valence-corrected chi connectivity index (χ0v) is 20.6. The van der Waals surface area contributed by atoms with Crippen LogP contribution in [0.25, 0.3) is 28.6 Å². The molecule has 4 aromatic rings. The molecule has 0 unspecified atom stereocenters. The lowest BCUT2D eigenvalue weighted by molar-refractivity contribution is -0.646. The van der Waals surface area contributed by atoms with Crippen molar-refractivity contribution in [3.8, 4) is 11.5 Å². The second-order valence-electron chi connectivity index (χ2n) is 7.82. The third-order valence-electron chi connectivity index (χ3n) is 5.88. The standard InChI is InChI=1S/C26H22N3O3.HI/c1-3-29-20(17-8-5-4-6-9-17)12-18(19-14-23-24(15-21(19)29)31-16-30-23)13-25-27-26-22(32-25)10-7-11-28(26)2;/h4-15H,3,16H2,1-2H3;1H/q+1;. The number of rotatable bonds is 3. The summed E-state index contributed by atoms with van der Waals surface area (Å²) < 4.78 is 19.4. The molecule has 0 N–H and O–H groups in total. The molecule has 0 fully saturated rings. The van der Waals surface area contributed by atoms with Crippen molar-refractivity contribution in [2.45, 2.75) is 6.92 Å². The molecule has 2 aromatic carbocycles. The minimum Gasteiger partial charge on any atom is -0.454 e. The molecule has 33 heavy (non-hydrogen) atoms. The van der Waals surface area contributed by atoms with E-state index in [1.165, 1.54) is 0 Å². The summed E-state index contributed by atoms with van der Waals surface area (Å²) in [7, 11) is 1.96. The molecule has 2 aliphatic rings. The third-order valence-corrected chi connectivity index (χ3v) is 5.88. The van der Waals surface area contributed by atoms with Gasteiger partial charge in [0.15, 0.2) is 11.5 Å². The van der Waals surface area contributed by atoms with Crippen LogP contribution in [0.5, 0.6) is 11.5 Å². The van der Waals surface area contributed by atoms with E-state index in [1.807, 2.05) is 48.2 Å². The number of halogens is 1. The summed E-state index contributed by atoms with van der Waals surface area (Å²) in [4.78, 5) is 7.01. The van der Waals surface area contributed by atoms with E-state index in [1.54, 1.807) is 0 Å². The molecule has 6 rings (SSSR count). The van der Waals surface area contributed by atoms with Gasteiger partial charge in [0, 0.05) is 34.9 Å². The minimum atomic E-state index is 0. The van der Waals surface area contributed by atoms with Gasteiger partial charge in [-0.3, -0.25) is 0 Å². The molecular weight excluding hydrogens is 529 g/mol. The highest BCUT2D eigenvalue weighted by Gasteiger charge is 2.28. The number of hydrogen-bond acceptors (Lipinski definition) is 5. The van der Waals surface area contributed by atoms with Crippen molar-refractivity contribution in [1.29, 1.82) is 0 Å². The first-order chi connectivity index (χ1) is 15.7. The number of aryl methyl sites for hydroxylation is 1. The van der Waals surface area contributed by atoms with Gasteiger partial charge in [0.25, 0.3) is 0 Å². The third kappa shape index (κ3) is 3.66. The Kier molecular flexibility index (Phi) is 5.57. The van der Waals surface area contributed by atoms with E-state index >= 15 is 0 Å². The van der Waals surface area contributed by atoms with Crippen molar-refractivity contribution in [2.24, 2.45) is 7.05 Å². The molecule has 7 heteroatoms. The molecule has 0 saturated heterocycles. The van der Waals surface area contributed by atoms with Crippen LogP contribution >= 0.6 is 24.0 Å². The number of oxazole rings is 1. The van der Waals surface area contributed by atoms with Crippen LogP contribution in [-0.2, 0) is 7.05 Å². The first-order valence-electron chi connectivity index (χ1n) is 10.7. The quantitative estimate of drug-likeness (QED) is 0.251. The summed E-state index contributed by atoms with van der Waals surface area (Å²) in [6, 6.07) is 18.4. The molecular formula is C26H23IN3O3+. The molecule has 0 amide bonds. The number of pyridine rings is 1. The summed E-state index contributed by atoms with van der Waals surface area (Å²) in [6.45, 7) is 3.21. The van der Waals surface area contributed by atoms with Gasteiger partial charge < -0.3 is 18.8 Å². The van der Waals surface area contributed by atoms with E-state index < -0.39 is 0 Å². The van der Waals surface area contributed by atoms with Gasteiger partial charge >= 0.3 is 11.5 Å². The fourth-order valence-corrected chi connectivity index (χ4v) is 4.35. The summed E-state index contributed by atoms with van der Waals surface area (Å²) in [6.07, 6.45) is 6.15. The van der Waals surface area contributed by atoms with Gasteiger partial charge in [0.2, 0.25) is 12.4 Å². The summed E-state index contributed by atoms with van der Waals surface area (Å²) >= 11 is 0. The maximum Gasteiger partial charge on any atom is 0.370 e. The van der Waals surface area contributed by atoms with Gasteiger partial charge in [-0.2, -0.15) is 0 Å². The first kappa shape index (κ1) is 21.5. The largest absolute Gasteiger partial charge is 0.454 e. The smallest absolute Gasteiger partial charge is 0.370 e. The zero-order chi connectivity index (χ0) is 21.7. The van der Waals surface area contributed by atoms with Crippen molar-refractivity contribution >= 4 is 58.2 Å². The molecule has 0 atom stereocenters. The van der Waals surface area contributed by atoms with E-state index in [2.05, 4.69) is 48.2 Å². The molecule has 2 aliphatic heterocycles. The SMILES string of the molecule is CCN1C(c2ccccc2)=C/C(=C\c2nc3c(ccc[n+]3C)o2)c2cc3c(cc21)OCO3.I. The van der Waals surface area contributed by atoms with E-state index in [-0.39, 0.29) is 30.8 Å². The van der Waals surface area contributed by atoms with Crippen molar-refractivity contribution in [2.75, 3.05) is 18.2 Å². The minimum absolute atomic E-state index is 0. The van der Waals surface area contributed by atoms with Crippen LogP contribution in [0.3, 0.4) is 0 Å². The maximum absolute atomic E-state index is 6.05. The topological polar surface area (TPSA) is 51.6 Å². The normalized spacial score (nSPS) is 15.4. The van der Waals surface area contributed by atoms with Crippen LogP contribution in [-0.4, -0.2) is 18.3 Å². The van der Waals surface area contributed by atoms with Crippen molar-refractivity contribution in [1.82, 2.24) is 4.98 Å². The molecule has 2 aromatic heterocycles. The Morgan fingerprint density at radius 2 is 1.85 bits per heavy atom. The Bertz CT molecular complexity index is 1410. The fraction of sp³-hybridized carbons (Fsp3) is 0.154. The lowest BCUT2D eigenvalue weighted by atomic mass is 9.94. The van der Waals surface area contributed by atoms with Crippen LogP contribution in [0.15, 0.2) is 71.3 Å². The lowest BCUT2D eigenvalue weighted by Crippen LogP contribution is -2.28. The van der Waals surface area contributed by atoms with E-state index in [4.69, 9.17) is 18.9 Å². The monoisotopic (exact) mass is 552 g/mol.